The number of carbonyl (C=O) groups is 1. The Labute approximate surface area is 125 Å². The second-order valence-electron chi connectivity index (χ2n) is 4.84. The number of benzene rings is 1. The van der Waals surface area contributed by atoms with Crippen molar-refractivity contribution in [2.75, 3.05) is 18.6 Å². The van der Waals surface area contributed by atoms with E-state index in [1.807, 2.05) is 13.8 Å². The molecule has 20 heavy (non-hydrogen) atoms. The lowest BCUT2D eigenvalue weighted by Crippen LogP contribution is -2.22. The van der Waals surface area contributed by atoms with Gasteiger partial charge in [-0.05, 0) is 24.1 Å². The third kappa shape index (κ3) is 4.80. The maximum absolute atomic E-state index is 12.0. The van der Waals surface area contributed by atoms with Gasteiger partial charge in [0.2, 0.25) is 0 Å². The molecule has 0 saturated carbocycles. The average molecular weight is 319 g/mol. The SMILES string of the molecule is CCC(C)CS(=O)(=O)CC(=O)c1ccc(OC)c(Cl)c1. The topological polar surface area (TPSA) is 60.4 Å². The lowest BCUT2D eigenvalue weighted by atomic mass is 10.1. The molecule has 0 bridgehead atoms. The Balaban J connectivity index is 2.83. The maximum Gasteiger partial charge on any atom is 0.177 e. The molecule has 0 N–H and O–H groups in total. The van der Waals surface area contributed by atoms with Crippen LogP contribution in [0.2, 0.25) is 5.02 Å². The van der Waals surface area contributed by atoms with Gasteiger partial charge in [-0.25, -0.2) is 8.42 Å². The highest BCUT2D eigenvalue weighted by Gasteiger charge is 2.20. The molecule has 0 spiro atoms. The van der Waals surface area contributed by atoms with Crippen molar-refractivity contribution in [1.82, 2.24) is 0 Å². The number of Topliss-reactive ketones (excluding diaryl/α,β-unsaturated/α-hetero) is 1. The predicted molar refractivity (Wildman–Crippen MR) is 80.4 cm³/mol. The zero-order valence-electron chi connectivity index (χ0n) is 11.8. The molecule has 0 radical (unpaired) electrons. The van der Waals surface area contributed by atoms with Gasteiger partial charge in [-0.3, -0.25) is 4.79 Å². The number of ketones is 1. The number of ether oxygens (including phenoxy) is 1. The van der Waals surface area contributed by atoms with E-state index in [1.54, 1.807) is 6.07 Å². The first-order valence-corrected chi connectivity index (χ1v) is 8.56. The summed E-state index contributed by atoms with van der Waals surface area (Å²) < 4.78 is 28.8. The van der Waals surface area contributed by atoms with Crippen LogP contribution in [0.15, 0.2) is 18.2 Å². The molecule has 1 atom stereocenters. The number of hydrogen-bond donors (Lipinski definition) is 0. The second-order valence-corrected chi connectivity index (χ2v) is 7.36. The van der Waals surface area contributed by atoms with Crippen molar-refractivity contribution in [2.45, 2.75) is 20.3 Å². The van der Waals surface area contributed by atoms with Crippen LogP contribution < -0.4 is 4.74 Å². The summed E-state index contributed by atoms with van der Waals surface area (Å²) in [7, 11) is -1.92. The van der Waals surface area contributed by atoms with E-state index >= 15 is 0 Å². The number of halogens is 1. The van der Waals surface area contributed by atoms with E-state index in [4.69, 9.17) is 16.3 Å². The van der Waals surface area contributed by atoms with Gasteiger partial charge in [0, 0.05) is 5.56 Å². The normalized spacial score (nSPS) is 13.0. The van der Waals surface area contributed by atoms with Crippen LogP contribution in [0.3, 0.4) is 0 Å². The minimum atomic E-state index is -3.39. The van der Waals surface area contributed by atoms with Crippen molar-refractivity contribution < 1.29 is 17.9 Å². The second kappa shape index (κ2) is 7.09. The molecule has 0 aliphatic carbocycles. The monoisotopic (exact) mass is 318 g/mol. The molecule has 1 unspecified atom stereocenters. The molecule has 0 aromatic heterocycles. The number of rotatable bonds is 7. The van der Waals surface area contributed by atoms with E-state index in [0.29, 0.717) is 5.75 Å². The molecule has 0 aliphatic heterocycles. The third-order valence-electron chi connectivity index (χ3n) is 3.06. The summed E-state index contributed by atoms with van der Waals surface area (Å²) in [5, 5.41) is 0.290. The van der Waals surface area contributed by atoms with Crippen molar-refractivity contribution in [2.24, 2.45) is 5.92 Å². The Hall–Kier alpha value is -1.07. The van der Waals surface area contributed by atoms with E-state index in [2.05, 4.69) is 0 Å². The van der Waals surface area contributed by atoms with Crippen molar-refractivity contribution in [3.63, 3.8) is 0 Å². The van der Waals surface area contributed by atoms with Gasteiger partial charge in [0.25, 0.3) is 0 Å². The summed E-state index contributed by atoms with van der Waals surface area (Å²) in [4.78, 5) is 12.0. The van der Waals surface area contributed by atoms with E-state index < -0.39 is 21.4 Å². The van der Waals surface area contributed by atoms with E-state index in [-0.39, 0.29) is 22.3 Å². The van der Waals surface area contributed by atoms with Gasteiger partial charge in [-0.2, -0.15) is 0 Å². The number of methoxy groups -OCH3 is 1. The maximum atomic E-state index is 12.0. The van der Waals surface area contributed by atoms with Crippen LogP contribution >= 0.6 is 11.6 Å². The minimum absolute atomic E-state index is 0.0269. The largest absolute Gasteiger partial charge is 0.495 e. The molecule has 0 saturated heterocycles. The fourth-order valence-electron chi connectivity index (χ4n) is 1.73. The Kier molecular flexibility index (Phi) is 6.02. The molecule has 0 aliphatic rings. The Morgan fingerprint density at radius 3 is 2.55 bits per heavy atom. The van der Waals surface area contributed by atoms with E-state index in [9.17, 15) is 13.2 Å². The molecular formula is C14H19ClO4S. The smallest absolute Gasteiger partial charge is 0.177 e. The van der Waals surface area contributed by atoms with Crippen LogP contribution in [0.4, 0.5) is 0 Å². The van der Waals surface area contributed by atoms with Crippen molar-refractivity contribution in [1.29, 1.82) is 0 Å². The van der Waals surface area contributed by atoms with Crippen LogP contribution in [0, 0.1) is 5.92 Å². The Morgan fingerprint density at radius 1 is 1.40 bits per heavy atom. The molecule has 1 rings (SSSR count). The summed E-state index contributed by atoms with van der Waals surface area (Å²) in [5.74, 6) is -0.408. The van der Waals surface area contributed by atoms with Crippen LogP contribution in [0.25, 0.3) is 0 Å². The molecular weight excluding hydrogens is 300 g/mol. The van der Waals surface area contributed by atoms with Gasteiger partial charge in [-0.15, -0.1) is 0 Å². The van der Waals surface area contributed by atoms with Gasteiger partial charge >= 0.3 is 0 Å². The quantitative estimate of drug-likeness (QED) is 0.725. The highest BCUT2D eigenvalue weighted by molar-refractivity contribution is 7.92. The van der Waals surface area contributed by atoms with Gasteiger partial charge in [0.1, 0.15) is 11.5 Å². The highest BCUT2D eigenvalue weighted by Crippen LogP contribution is 2.25. The minimum Gasteiger partial charge on any atom is -0.495 e. The van der Waals surface area contributed by atoms with Gasteiger partial charge in [-0.1, -0.05) is 31.9 Å². The fraction of sp³-hybridized carbons (Fsp3) is 0.500. The van der Waals surface area contributed by atoms with Crippen molar-refractivity contribution >= 4 is 27.2 Å². The first-order chi connectivity index (χ1) is 9.29. The Morgan fingerprint density at radius 2 is 2.05 bits per heavy atom. The van der Waals surface area contributed by atoms with Gasteiger partial charge < -0.3 is 4.74 Å². The molecule has 0 amide bonds. The summed E-state index contributed by atoms with van der Waals surface area (Å²) in [5.41, 5.74) is 0.281. The summed E-state index contributed by atoms with van der Waals surface area (Å²) in [6, 6.07) is 4.50. The predicted octanol–water partition coefficient (Wildman–Crippen LogP) is 2.99. The van der Waals surface area contributed by atoms with Crippen molar-refractivity contribution in [3.8, 4) is 5.75 Å². The molecule has 6 heteroatoms. The highest BCUT2D eigenvalue weighted by atomic mass is 35.5. The molecule has 4 nitrogen and oxygen atoms in total. The number of carbonyl (C=O) groups excluding carboxylic acids is 1. The van der Waals surface area contributed by atoms with Crippen LogP contribution in [-0.2, 0) is 9.84 Å². The first-order valence-electron chi connectivity index (χ1n) is 6.36. The lowest BCUT2D eigenvalue weighted by Gasteiger charge is -2.09. The first kappa shape index (κ1) is 17.0. The van der Waals surface area contributed by atoms with Crippen LogP contribution in [0.5, 0.6) is 5.75 Å². The van der Waals surface area contributed by atoms with Gasteiger partial charge in [0.15, 0.2) is 15.6 Å². The molecule has 1 aromatic rings. The lowest BCUT2D eigenvalue weighted by molar-refractivity contribution is 0.102. The average Bonchev–Trinajstić information content (AvgIpc) is 2.37. The summed E-state index contributed by atoms with van der Waals surface area (Å²) in [6.07, 6.45) is 0.766. The molecule has 1 aromatic carbocycles. The standard InChI is InChI=1S/C14H19ClO4S/c1-4-10(2)8-20(17,18)9-13(16)11-5-6-14(19-3)12(15)7-11/h5-7,10H,4,8-9H2,1-3H3. The summed E-state index contributed by atoms with van der Waals surface area (Å²) >= 11 is 5.92. The summed E-state index contributed by atoms with van der Waals surface area (Å²) in [6.45, 7) is 3.78. The fourth-order valence-corrected chi connectivity index (χ4v) is 3.78. The molecule has 112 valence electrons. The van der Waals surface area contributed by atoms with Gasteiger partial charge in [0.05, 0.1) is 17.9 Å². The zero-order valence-corrected chi connectivity index (χ0v) is 13.4. The number of hydrogen-bond acceptors (Lipinski definition) is 4. The molecule has 0 fully saturated rings. The van der Waals surface area contributed by atoms with E-state index in [0.717, 1.165) is 6.42 Å². The zero-order chi connectivity index (χ0) is 15.3. The van der Waals surface area contributed by atoms with Crippen LogP contribution in [-0.4, -0.2) is 32.8 Å². The number of sulfone groups is 1. The Bertz CT molecular complexity index is 581. The van der Waals surface area contributed by atoms with Crippen molar-refractivity contribution in [3.05, 3.63) is 28.8 Å². The molecule has 0 heterocycles. The third-order valence-corrected chi connectivity index (χ3v) is 5.13. The van der Waals surface area contributed by atoms with Crippen LogP contribution in [0.1, 0.15) is 30.6 Å². The van der Waals surface area contributed by atoms with E-state index in [1.165, 1.54) is 19.2 Å².